The summed E-state index contributed by atoms with van der Waals surface area (Å²) in [4.78, 5) is 16.5. The fraction of sp³-hybridized carbons (Fsp3) is 0.176. The van der Waals surface area contributed by atoms with Crippen LogP contribution >= 0.6 is 15.9 Å². The molecule has 2 aromatic heterocycles. The number of rotatable bonds is 2. The smallest absolute Gasteiger partial charge is 0.405 e. The molecular formula is C17H9BrF4N2O2. The van der Waals surface area contributed by atoms with Gasteiger partial charge in [0.2, 0.25) is 0 Å². The summed E-state index contributed by atoms with van der Waals surface area (Å²) >= 11 is 3.07. The molecule has 26 heavy (non-hydrogen) atoms. The van der Waals surface area contributed by atoms with Crippen LogP contribution in [0.15, 0.2) is 41.0 Å². The zero-order chi connectivity index (χ0) is 18.6. The molecule has 2 heterocycles. The molecule has 1 unspecified atom stereocenters. The van der Waals surface area contributed by atoms with E-state index in [-0.39, 0.29) is 39.3 Å². The van der Waals surface area contributed by atoms with Gasteiger partial charge in [-0.1, -0.05) is 18.2 Å². The van der Waals surface area contributed by atoms with Gasteiger partial charge in [-0.15, -0.1) is 13.2 Å². The van der Waals surface area contributed by atoms with Gasteiger partial charge >= 0.3 is 6.36 Å². The van der Waals surface area contributed by atoms with Crippen LogP contribution in [0.4, 0.5) is 17.6 Å². The number of alkyl halides is 3. The van der Waals surface area contributed by atoms with Crippen molar-refractivity contribution in [1.82, 2.24) is 9.38 Å². The van der Waals surface area contributed by atoms with Crippen LogP contribution in [0.3, 0.4) is 0 Å². The fourth-order valence-electron chi connectivity index (χ4n) is 3.22. The highest BCUT2D eigenvalue weighted by molar-refractivity contribution is 9.10. The minimum atomic E-state index is -4.85. The highest BCUT2D eigenvalue weighted by atomic mass is 79.9. The van der Waals surface area contributed by atoms with Crippen molar-refractivity contribution in [2.24, 2.45) is 0 Å². The number of carbonyl (C=O) groups is 1. The zero-order valence-electron chi connectivity index (χ0n) is 12.8. The molecule has 1 aliphatic carbocycles. The molecule has 1 aromatic carbocycles. The third-order valence-electron chi connectivity index (χ3n) is 4.21. The van der Waals surface area contributed by atoms with E-state index in [1.54, 1.807) is 6.07 Å². The maximum atomic E-state index is 13.7. The molecule has 0 amide bonds. The summed E-state index contributed by atoms with van der Waals surface area (Å²) in [6.45, 7) is 0. The number of ketones is 1. The first-order valence-electron chi connectivity index (χ1n) is 7.49. The average molecular weight is 429 g/mol. The van der Waals surface area contributed by atoms with Gasteiger partial charge in [-0.3, -0.25) is 4.79 Å². The number of hydrogen-bond acceptors (Lipinski definition) is 3. The van der Waals surface area contributed by atoms with E-state index < -0.39 is 18.1 Å². The monoisotopic (exact) mass is 428 g/mol. The number of ether oxygens (including phenoxy) is 1. The molecule has 0 radical (unpaired) electrons. The second-order valence-corrected chi connectivity index (χ2v) is 6.66. The van der Waals surface area contributed by atoms with E-state index in [0.29, 0.717) is 5.69 Å². The molecule has 0 N–H and O–H groups in total. The second-order valence-electron chi connectivity index (χ2n) is 5.81. The van der Waals surface area contributed by atoms with E-state index in [4.69, 9.17) is 0 Å². The second kappa shape index (κ2) is 5.80. The van der Waals surface area contributed by atoms with Crippen molar-refractivity contribution in [2.75, 3.05) is 0 Å². The summed E-state index contributed by atoms with van der Waals surface area (Å²) in [5.41, 5.74) is 0.986. The van der Waals surface area contributed by atoms with Crippen LogP contribution in [0.1, 0.15) is 34.1 Å². The summed E-state index contributed by atoms with van der Waals surface area (Å²) in [5, 5.41) is 0. The van der Waals surface area contributed by atoms with E-state index in [1.807, 2.05) is 0 Å². The lowest BCUT2D eigenvalue weighted by Crippen LogP contribution is -2.19. The molecule has 9 heteroatoms. The molecule has 4 nitrogen and oxygen atoms in total. The van der Waals surface area contributed by atoms with Crippen LogP contribution in [-0.2, 0) is 0 Å². The van der Waals surface area contributed by atoms with Crippen LogP contribution in [0.5, 0.6) is 5.75 Å². The maximum absolute atomic E-state index is 13.7. The van der Waals surface area contributed by atoms with Crippen molar-refractivity contribution in [3.8, 4) is 5.75 Å². The van der Waals surface area contributed by atoms with Crippen molar-refractivity contribution < 1.29 is 27.1 Å². The van der Waals surface area contributed by atoms with Gasteiger partial charge in [-0.05, 0) is 22.0 Å². The Morgan fingerprint density at radius 1 is 1.27 bits per heavy atom. The Morgan fingerprint density at radius 3 is 2.73 bits per heavy atom. The topological polar surface area (TPSA) is 43.6 Å². The first-order valence-corrected chi connectivity index (χ1v) is 8.29. The molecule has 0 spiro atoms. The average Bonchev–Trinajstić information content (AvgIpc) is 3.05. The first-order chi connectivity index (χ1) is 12.2. The molecule has 3 aromatic rings. The lowest BCUT2D eigenvalue weighted by Gasteiger charge is -2.17. The molecule has 134 valence electrons. The lowest BCUT2D eigenvalue weighted by atomic mass is 9.95. The SMILES string of the molecule is O=C1CC(c2ccccc2OC(F)(F)F)c2c1nc1cc(F)c(Br)cn21. The summed E-state index contributed by atoms with van der Waals surface area (Å²) in [6, 6.07) is 6.82. The van der Waals surface area contributed by atoms with Crippen molar-refractivity contribution in [3.63, 3.8) is 0 Å². The fourth-order valence-corrected chi connectivity index (χ4v) is 3.54. The van der Waals surface area contributed by atoms with Crippen LogP contribution < -0.4 is 4.74 Å². The third kappa shape index (κ3) is 2.76. The van der Waals surface area contributed by atoms with Gasteiger partial charge in [0.1, 0.15) is 22.9 Å². The Hall–Kier alpha value is -2.42. The van der Waals surface area contributed by atoms with Gasteiger partial charge in [0.05, 0.1) is 10.2 Å². The Balaban J connectivity index is 1.90. The number of nitrogens with zero attached hydrogens (tertiary/aromatic N) is 2. The van der Waals surface area contributed by atoms with E-state index >= 15 is 0 Å². The van der Waals surface area contributed by atoms with Gasteiger partial charge in [0.15, 0.2) is 5.78 Å². The molecule has 1 atom stereocenters. The number of carbonyl (C=O) groups excluding carboxylic acids is 1. The molecule has 0 bridgehead atoms. The molecular weight excluding hydrogens is 420 g/mol. The predicted octanol–water partition coefficient (Wildman–Crippen LogP) is 4.85. The van der Waals surface area contributed by atoms with E-state index in [2.05, 4.69) is 25.7 Å². The normalized spacial score (nSPS) is 17.0. The molecule has 0 fully saturated rings. The predicted molar refractivity (Wildman–Crippen MR) is 86.8 cm³/mol. The quantitative estimate of drug-likeness (QED) is 0.547. The Labute approximate surface area is 152 Å². The van der Waals surface area contributed by atoms with Crippen LogP contribution in [0, 0.1) is 5.82 Å². The van der Waals surface area contributed by atoms with Crippen molar-refractivity contribution >= 4 is 27.4 Å². The molecule has 0 saturated carbocycles. The summed E-state index contributed by atoms with van der Waals surface area (Å²) in [7, 11) is 0. The van der Waals surface area contributed by atoms with Crippen LogP contribution in [0.2, 0.25) is 0 Å². The summed E-state index contributed by atoms with van der Waals surface area (Å²) < 4.78 is 57.7. The number of hydrogen-bond donors (Lipinski definition) is 0. The number of imidazole rings is 1. The minimum Gasteiger partial charge on any atom is -0.405 e. The van der Waals surface area contributed by atoms with Gasteiger partial charge in [0, 0.05) is 30.2 Å². The van der Waals surface area contributed by atoms with Crippen LogP contribution in [-0.4, -0.2) is 21.5 Å². The Bertz CT molecular complexity index is 1050. The van der Waals surface area contributed by atoms with Gasteiger partial charge < -0.3 is 9.14 Å². The number of benzene rings is 1. The number of para-hydroxylation sites is 1. The molecule has 4 rings (SSSR count). The lowest BCUT2D eigenvalue weighted by molar-refractivity contribution is -0.274. The number of Topliss-reactive ketones (excluding diaryl/α,β-unsaturated/α-hetero) is 1. The van der Waals surface area contributed by atoms with Crippen molar-refractivity contribution in [2.45, 2.75) is 18.7 Å². The maximum Gasteiger partial charge on any atom is 0.573 e. The van der Waals surface area contributed by atoms with Crippen molar-refractivity contribution in [3.05, 3.63) is 63.8 Å². The number of aromatic nitrogens is 2. The molecule has 0 saturated heterocycles. The van der Waals surface area contributed by atoms with Crippen molar-refractivity contribution in [1.29, 1.82) is 0 Å². The van der Waals surface area contributed by atoms with Gasteiger partial charge in [0.25, 0.3) is 0 Å². The standard InChI is InChI=1S/C17H9BrF4N2O2/c18-10-7-24-14(6-11(10)19)23-15-12(25)5-9(16(15)24)8-3-1-2-4-13(8)26-17(20,21)22/h1-4,6-7,9H,5H2. The highest BCUT2D eigenvalue weighted by Crippen LogP contribution is 2.43. The highest BCUT2D eigenvalue weighted by Gasteiger charge is 2.39. The zero-order valence-corrected chi connectivity index (χ0v) is 14.4. The summed E-state index contributed by atoms with van der Waals surface area (Å²) in [5.74, 6) is -1.91. The largest absolute Gasteiger partial charge is 0.573 e. The molecule has 0 aliphatic heterocycles. The van der Waals surface area contributed by atoms with E-state index in [9.17, 15) is 22.4 Å². The van der Waals surface area contributed by atoms with E-state index in [0.717, 1.165) is 6.07 Å². The Morgan fingerprint density at radius 2 is 2.00 bits per heavy atom. The Kier molecular flexibility index (Phi) is 3.80. The van der Waals surface area contributed by atoms with Gasteiger partial charge in [-0.2, -0.15) is 0 Å². The third-order valence-corrected chi connectivity index (χ3v) is 4.79. The van der Waals surface area contributed by atoms with Gasteiger partial charge in [-0.25, -0.2) is 9.37 Å². The van der Waals surface area contributed by atoms with E-state index in [1.165, 1.54) is 28.8 Å². The molecule has 1 aliphatic rings. The summed E-state index contributed by atoms with van der Waals surface area (Å²) in [6.07, 6.45) is -3.48. The number of halogens is 5. The number of pyridine rings is 1. The van der Waals surface area contributed by atoms with Crippen LogP contribution in [0.25, 0.3) is 5.65 Å². The first kappa shape index (κ1) is 17.0. The number of fused-ring (bicyclic) bond motifs is 3. The minimum absolute atomic E-state index is 0.0339.